The summed E-state index contributed by atoms with van der Waals surface area (Å²) in [6.07, 6.45) is 3.59. The molecule has 0 atom stereocenters. The predicted molar refractivity (Wildman–Crippen MR) is 92.6 cm³/mol. The summed E-state index contributed by atoms with van der Waals surface area (Å²) in [5.41, 5.74) is 0. The first-order valence-corrected chi connectivity index (χ1v) is 8.39. The minimum atomic E-state index is 0.247. The highest BCUT2D eigenvalue weighted by molar-refractivity contribution is 6.31. The summed E-state index contributed by atoms with van der Waals surface area (Å²) < 4.78 is 15.9. The highest BCUT2D eigenvalue weighted by Gasteiger charge is 2.23. The molecule has 2 aromatic heterocycles. The standard InChI is InChI=1S/C16H20ClN5O3/c1-23-15-19-14(20-16(21-15)24-2)22-8-5-11(6-9-22)10-25-13-12(17)4-3-7-18-13/h3-4,7,11H,5-6,8-10H2,1-2H3. The van der Waals surface area contributed by atoms with Gasteiger partial charge in [-0.25, -0.2) is 4.98 Å². The number of nitrogens with zero attached hydrogens (tertiary/aromatic N) is 5. The van der Waals surface area contributed by atoms with E-state index in [0.717, 1.165) is 25.9 Å². The van der Waals surface area contributed by atoms with Gasteiger partial charge in [0.15, 0.2) is 0 Å². The van der Waals surface area contributed by atoms with Crippen LogP contribution in [0.3, 0.4) is 0 Å². The van der Waals surface area contributed by atoms with E-state index in [2.05, 4.69) is 24.8 Å². The number of piperidine rings is 1. The molecule has 0 amide bonds. The Morgan fingerprint density at radius 1 is 1.12 bits per heavy atom. The lowest BCUT2D eigenvalue weighted by molar-refractivity contribution is 0.215. The van der Waals surface area contributed by atoms with Gasteiger partial charge in [-0.15, -0.1) is 4.98 Å². The van der Waals surface area contributed by atoms with E-state index < -0.39 is 0 Å². The van der Waals surface area contributed by atoms with Crippen LogP contribution in [0.15, 0.2) is 18.3 Å². The Kier molecular flexibility index (Phi) is 5.70. The van der Waals surface area contributed by atoms with Gasteiger partial charge in [-0.3, -0.25) is 0 Å². The van der Waals surface area contributed by atoms with Crippen LogP contribution in [0, 0.1) is 5.92 Å². The van der Waals surface area contributed by atoms with E-state index in [-0.39, 0.29) is 12.0 Å². The smallest absolute Gasteiger partial charge is 0.324 e. The topological polar surface area (TPSA) is 82.5 Å². The lowest BCUT2D eigenvalue weighted by atomic mass is 9.98. The van der Waals surface area contributed by atoms with Crippen LogP contribution in [0.2, 0.25) is 5.02 Å². The van der Waals surface area contributed by atoms with Gasteiger partial charge in [-0.2, -0.15) is 9.97 Å². The molecule has 0 radical (unpaired) electrons. The number of anilines is 1. The Balaban J connectivity index is 1.56. The fourth-order valence-corrected chi connectivity index (χ4v) is 2.80. The Morgan fingerprint density at radius 2 is 1.80 bits per heavy atom. The Hall–Kier alpha value is -2.35. The lowest BCUT2D eigenvalue weighted by Crippen LogP contribution is -2.36. The summed E-state index contributed by atoms with van der Waals surface area (Å²) in [4.78, 5) is 18.8. The van der Waals surface area contributed by atoms with Crippen molar-refractivity contribution in [3.63, 3.8) is 0 Å². The second kappa shape index (κ2) is 8.15. The molecule has 0 aliphatic carbocycles. The van der Waals surface area contributed by atoms with Crippen LogP contribution in [0.1, 0.15) is 12.8 Å². The van der Waals surface area contributed by atoms with Crippen molar-refractivity contribution in [3.05, 3.63) is 23.4 Å². The predicted octanol–water partition coefficient (Wildman–Crippen LogP) is 2.23. The molecule has 0 saturated carbocycles. The molecule has 2 aromatic rings. The number of hydrogen-bond acceptors (Lipinski definition) is 8. The van der Waals surface area contributed by atoms with Crippen LogP contribution in [-0.4, -0.2) is 53.9 Å². The molecule has 1 saturated heterocycles. The molecule has 0 unspecified atom stereocenters. The van der Waals surface area contributed by atoms with Gasteiger partial charge < -0.3 is 19.1 Å². The molecule has 25 heavy (non-hydrogen) atoms. The van der Waals surface area contributed by atoms with Crippen LogP contribution >= 0.6 is 11.6 Å². The molecule has 0 aromatic carbocycles. The second-order valence-electron chi connectivity index (χ2n) is 5.64. The van der Waals surface area contributed by atoms with Crippen molar-refractivity contribution >= 4 is 17.5 Å². The fraction of sp³-hybridized carbons (Fsp3) is 0.500. The summed E-state index contributed by atoms with van der Waals surface area (Å²) in [6, 6.07) is 4.05. The molecule has 0 N–H and O–H groups in total. The number of rotatable bonds is 6. The maximum Gasteiger partial charge on any atom is 0.324 e. The second-order valence-corrected chi connectivity index (χ2v) is 6.05. The maximum absolute atomic E-state index is 6.06. The van der Waals surface area contributed by atoms with Crippen molar-refractivity contribution in [2.45, 2.75) is 12.8 Å². The minimum absolute atomic E-state index is 0.247. The van der Waals surface area contributed by atoms with E-state index in [1.165, 1.54) is 14.2 Å². The molecule has 1 aliphatic rings. The monoisotopic (exact) mass is 365 g/mol. The number of hydrogen-bond donors (Lipinski definition) is 0. The molecule has 0 spiro atoms. The van der Waals surface area contributed by atoms with Gasteiger partial charge in [0, 0.05) is 19.3 Å². The van der Waals surface area contributed by atoms with Crippen LogP contribution in [0.5, 0.6) is 17.9 Å². The van der Waals surface area contributed by atoms with Crippen molar-refractivity contribution in [3.8, 4) is 17.9 Å². The Labute approximate surface area is 151 Å². The molecule has 1 fully saturated rings. The fourth-order valence-electron chi connectivity index (χ4n) is 2.63. The van der Waals surface area contributed by atoms with Crippen molar-refractivity contribution in [2.75, 3.05) is 38.8 Å². The first-order chi connectivity index (χ1) is 12.2. The Morgan fingerprint density at radius 3 is 2.40 bits per heavy atom. The van der Waals surface area contributed by atoms with Gasteiger partial charge in [-0.1, -0.05) is 11.6 Å². The highest BCUT2D eigenvalue weighted by Crippen LogP contribution is 2.25. The third kappa shape index (κ3) is 4.39. The molecule has 3 rings (SSSR count). The van der Waals surface area contributed by atoms with Gasteiger partial charge in [0.1, 0.15) is 5.02 Å². The van der Waals surface area contributed by atoms with E-state index in [9.17, 15) is 0 Å². The largest absolute Gasteiger partial charge is 0.476 e. The number of ether oxygens (including phenoxy) is 3. The Bertz CT molecular complexity index is 688. The zero-order valence-electron chi connectivity index (χ0n) is 14.2. The minimum Gasteiger partial charge on any atom is -0.476 e. The molecule has 9 heteroatoms. The van der Waals surface area contributed by atoms with Crippen molar-refractivity contribution < 1.29 is 14.2 Å². The average molecular weight is 366 g/mol. The van der Waals surface area contributed by atoms with Crippen LogP contribution in [-0.2, 0) is 0 Å². The zero-order chi connectivity index (χ0) is 17.6. The highest BCUT2D eigenvalue weighted by atomic mass is 35.5. The average Bonchev–Trinajstić information content (AvgIpc) is 2.67. The van der Waals surface area contributed by atoms with Crippen LogP contribution in [0.25, 0.3) is 0 Å². The van der Waals surface area contributed by atoms with E-state index in [0.29, 0.717) is 29.4 Å². The van der Waals surface area contributed by atoms with E-state index >= 15 is 0 Å². The van der Waals surface area contributed by atoms with Gasteiger partial charge in [0.2, 0.25) is 11.8 Å². The first-order valence-electron chi connectivity index (χ1n) is 8.02. The van der Waals surface area contributed by atoms with Gasteiger partial charge >= 0.3 is 12.0 Å². The maximum atomic E-state index is 6.06. The van der Waals surface area contributed by atoms with Crippen LogP contribution in [0.4, 0.5) is 5.95 Å². The number of pyridine rings is 1. The van der Waals surface area contributed by atoms with Crippen LogP contribution < -0.4 is 19.1 Å². The molecule has 3 heterocycles. The quantitative estimate of drug-likeness (QED) is 0.770. The summed E-state index contributed by atoms with van der Waals surface area (Å²) in [6.45, 7) is 2.23. The van der Waals surface area contributed by atoms with Crippen molar-refractivity contribution in [1.29, 1.82) is 0 Å². The van der Waals surface area contributed by atoms with Gasteiger partial charge in [-0.05, 0) is 30.9 Å². The van der Waals surface area contributed by atoms with Crippen molar-refractivity contribution in [2.24, 2.45) is 5.92 Å². The zero-order valence-corrected chi connectivity index (χ0v) is 14.9. The molecule has 0 bridgehead atoms. The molecule has 1 aliphatic heterocycles. The molecular formula is C16H20ClN5O3. The van der Waals surface area contributed by atoms with E-state index in [4.69, 9.17) is 25.8 Å². The number of aromatic nitrogens is 4. The van der Waals surface area contributed by atoms with Gasteiger partial charge in [0.05, 0.1) is 20.8 Å². The summed E-state index contributed by atoms with van der Waals surface area (Å²) >= 11 is 6.06. The molecule has 8 nitrogen and oxygen atoms in total. The van der Waals surface area contributed by atoms with E-state index in [1.807, 2.05) is 0 Å². The summed E-state index contributed by atoms with van der Waals surface area (Å²) in [5.74, 6) is 1.48. The SMILES string of the molecule is COc1nc(OC)nc(N2CCC(COc3ncccc3Cl)CC2)n1. The van der Waals surface area contributed by atoms with Gasteiger partial charge in [0.25, 0.3) is 0 Å². The van der Waals surface area contributed by atoms with Crippen molar-refractivity contribution in [1.82, 2.24) is 19.9 Å². The lowest BCUT2D eigenvalue weighted by Gasteiger charge is -2.31. The number of halogens is 1. The molecular weight excluding hydrogens is 346 g/mol. The normalized spacial score (nSPS) is 15.1. The third-order valence-electron chi connectivity index (χ3n) is 4.03. The number of methoxy groups -OCH3 is 2. The first kappa shape index (κ1) is 17.5. The third-order valence-corrected chi connectivity index (χ3v) is 4.31. The van der Waals surface area contributed by atoms with E-state index in [1.54, 1.807) is 18.3 Å². The molecule has 134 valence electrons. The summed E-state index contributed by atoms with van der Waals surface area (Å²) in [5, 5.41) is 0.532. The summed E-state index contributed by atoms with van der Waals surface area (Å²) in [7, 11) is 3.04.